The van der Waals surface area contributed by atoms with Crippen LogP contribution in [0.3, 0.4) is 0 Å². The fourth-order valence-corrected chi connectivity index (χ4v) is 4.68. The molecule has 0 aliphatic heterocycles. The molecule has 0 spiro atoms. The third-order valence-corrected chi connectivity index (χ3v) is 6.05. The van der Waals surface area contributed by atoms with Crippen molar-refractivity contribution >= 4 is 33.8 Å². The number of benzene rings is 1. The average molecular weight is 411 g/mol. The smallest absolute Gasteiger partial charge is 0.280 e. The number of hydrogen-bond acceptors (Lipinski definition) is 5. The van der Waals surface area contributed by atoms with Gasteiger partial charge in [0.05, 0.1) is 11.3 Å². The minimum Gasteiger partial charge on any atom is -0.311 e. The lowest BCUT2D eigenvalue weighted by atomic mass is 9.96. The van der Waals surface area contributed by atoms with Crippen LogP contribution in [0.4, 0.5) is 5.00 Å². The second kappa shape index (κ2) is 7.58. The third-order valence-electron chi connectivity index (χ3n) is 4.61. The highest BCUT2D eigenvalue weighted by Crippen LogP contribution is 2.37. The van der Waals surface area contributed by atoms with Crippen LogP contribution in [0.1, 0.15) is 39.3 Å². The number of anilines is 1. The van der Waals surface area contributed by atoms with E-state index in [0.29, 0.717) is 21.3 Å². The van der Waals surface area contributed by atoms with Crippen molar-refractivity contribution in [3.63, 3.8) is 0 Å². The van der Waals surface area contributed by atoms with E-state index in [1.807, 2.05) is 0 Å². The van der Waals surface area contributed by atoms with Crippen molar-refractivity contribution in [2.24, 2.45) is 0 Å². The number of amides is 1. The second-order valence-electron chi connectivity index (χ2n) is 6.43. The van der Waals surface area contributed by atoms with E-state index >= 15 is 0 Å². The zero-order valence-corrected chi connectivity index (χ0v) is 16.3. The van der Waals surface area contributed by atoms with Gasteiger partial charge in [0.1, 0.15) is 11.1 Å². The van der Waals surface area contributed by atoms with Gasteiger partial charge in [0.15, 0.2) is 5.69 Å². The molecule has 0 radical (unpaired) electrons. The van der Waals surface area contributed by atoms with Crippen molar-refractivity contribution in [2.75, 3.05) is 5.32 Å². The molecule has 0 atom stereocenters. The molecule has 6 nitrogen and oxygen atoms in total. The van der Waals surface area contributed by atoms with E-state index in [2.05, 4.69) is 16.5 Å². The van der Waals surface area contributed by atoms with Gasteiger partial charge in [-0.25, -0.2) is 4.68 Å². The van der Waals surface area contributed by atoms with E-state index in [-0.39, 0.29) is 5.69 Å². The summed E-state index contributed by atoms with van der Waals surface area (Å²) >= 11 is 7.42. The zero-order valence-electron chi connectivity index (χ0n) is 14.7. The molecule has 4 rings (SSSR count). The number of hydrogen-bond donors (Lipinski definition) is 1. The summed E-state index contributed by atoms with van der Waals surface area (Å²) in [5, 5.41) is 17.4. The monoisotopic (exact) mass is 410 g/mol. The Labute approximate surface area is 170 Å². The van der Waals surface area contributed by atoms with Crippen LogP contribution in [0.15, 0.2) is 41.3 Å². The lowest BCUT2D eigenvalue weighted by molar-refractivity contribution is 0.102. The predicted molar refractivity (Wildman–Crippen MR) is 108 cm³/mol. The summed E-state index contributed by atoms with van der Waals surface area (Å²) < 4.78 is 1.42. The van der Waals surface area contributed by atoms with Gasteiger partial charge in [0, 0.05) is 22.2 Å². The fourth-order valence-electron chi connectivity index (χ4n) is 3.26. The average Bonchev–Trinajstić information content (AvgIpc) is 3.05. The summed E-state index contributed by atoms with van der Waals surface area (Å²) in [6, 6.07) is 10.4. The molecule has 1 amide bonds. The van der Waals surface area contributed by atoms with Crippen LogP contribution in [0, 0.1) is 11.3 Å². The summed E-state index contributed by atoms with van der Waals surface area (Å²) in [5.74, 6) is -0.628. The van der Waals surface area contributed by atoms with Gasteiger partial charge in [-0.15, -0.1) is 11.3 Å². The van der Waals surface area contributed by atoms with E-state index in [4.69, 9.17) is 11.6 Å². The summed E-state index contributed by atoms with van der Waals surface area (Å²) in [4.78, 5) is 26.1. The molecule has 0 fully saturated rings. The molecule has 140 valence electrons. The molecule has 2 aromatic heterocycles. The minimum atomic E-state index is -0.628. The van der Waals surface area contributed by atoms with Crippen LogP contribution in [0.2, 0.25) is 5.02 Å². The number of thiophene rings is 1. The van der Waals surface area contributed by atoms with E-state index < -0.39 is 11.3 Å². The molecular weight excluding hydrogens is 396 g/mol. The summed E-state index contributed by atoms with van der Waals surface area (Å²) in [6.07, 6.45) is 5.35. The Morgan fingerprint density at radius 2 is 2.11 bits per heavy atom. The van der Waals surface area contributed by atoms with Gasteiger partial charge in [0.25, 0.3) is 5.91 Å². The van der Waals surface area contributed by atoms with Crippen molar-refractivity contribution in [3.8, 4) is 11.8 Å². The number of nitrogens with zero attached hydrogens (tertiary/aromatic N) is 3. The first kappa shape index (κ1) is 18.4. The minimum absolute atomic E-state index is 0.238. The molecule has 2 heterocycles. The Morgan fingerprint density at radius 1 is 1.29 bits per heavy atom. The van der Waals surface area contributed by atoms with Crippen LogP contribution in [-0.4, -0.2) is 15.7 Å². The number of carbonyl (C=O) groups is 1. The number of halogens is 1. The summed E-state index contributed by atoms with van der Waals surface area (Å²) in [6.45, 7) is 0. The maximum Gasteiger partial charge on any atom is 0.280 e. The first-order valence-corrected chi connectivity index (χ1v) is 9.98. The first-order valence-electron chi connectivity index (χ1n) is 8.78. The van der Waals surface area contributed by atoms with E-state index in [9.17, 15) is 14.9 Å². The zero-order chi connectivity index (χ0) is 19.7. The topological polar surface area (TPSA) is 87.8 Å². The van der Waals surface area contributed by atoms with Crippen molar-refractivity contribution in [2.45, 2.75) is 25.7 Å². The van der Waals surface area contributed by atoms with Gasteiger partial charge < -0.3 is 5.32 Å². The molecule has 0 saturated carbocycles. The molecule has 0 bridgehead atoms. The van der Waals surface area contributed by atoms with Crippen molar-refractivity contribution in [3.05, 3.63) is 73.5 Å². The van der Waals surface area contributed by atoms with Gasteiger partial charge in [-0.3, -0.25) is 9.59 Å². The quantitative estimate of drug-likeness (QED) is 0.708. The van der Waals surface area contributed by atoms with Gasteiger partial charge in [0.2, 0.25) is 5.43 Å². The van der Waals surface area contributed by atoms with Gasteiger partial charge in [-0.2, -0.15) is 10.4 Å². The maximum atomic E-state index is 12.8. The number of aryl methyl sites for hydroxylation is 1. The summed E-state index contributed by atoms with van der Waals surface area (Å²) in [5.41, 5.74) is 1.42. The van der Waals surface area contributed by atoms with Gasteiger partial charge in [-0.1, -0.05) is 17.7 Å². The number of aromatic nitrogens is 2. The molecular formula is C20H15ClN4O2S. The predicted octanol–water partition coefficient (Wildman–Crippen LogP) is 3.95. The van der Waals surface area contributed by atoms with Crippen LogP contribution in [0.25, 0.3) is 5.69 Å². The van der Waals surface area contributed by atoms with Crippen LogP contribution in [0.5, 0.6) is 0 Å². The Balaban J connectivity index is 1.68. The Kier molecular flexibility index (Phi) is 4.99. The molecule has 28 heavy (non-hydrogen) atoms. The van der Waals surface area contributed by atoms with Crippen LogP contribution < -0.4 is 10.7 Å². The molecule has 1 aromatic carbocycles. The lowest BCUT2D eigenvalue weighted by Gasteiger charge is -2.09. The Bertz CT molecular complexity index is 1180. The molecule has 1 aliphatic rings. The van der Waals surface area contributed by atoms with Crippen molar-refractivity contribution < 1.29 is 4.79 Å². The number of rotatable bonds is 3. The van der Waals surface area contributed by atoms with E-state index in [0.717, 1.165) is 36.1 Å². The highest BCUT2D eigenvalue weighted by atomic mass is 35.5. The number of carbonyl (C=O) groups excluding carboxylic acids is 1. The third kappa shape index (κ3) is 3.44. The maximum absolute atomic E-state index is 12.8. The Hall–Kier alpha value is -2.95. The molecule has 3 aromatic rings. The van der Waals surface area contributed by atoms with Crippen LogP contribution >= 0.6 is 22.9 Å². The molecule has 1 aliphatic carbocycles. The standard InChI is InChI=1S/C20H15ClN4O2S/c21-12-4-3-5-13(10-12)25-9-8-16(26)18(24-25)19(27)23-20-15(11-22)14-6-1-2-7-17(14)28-20/h3-5,8-10H,1-2,6-7H2,(H,23,27). The number of nitriles is 1. The number of fused-ring (bicyclic) bond motifs is 1. The first-order chi connectivity index (χ1) is 13.6. The molecule has 1 N–H and O–H groups in total. The molecule has 0 unspecified atom stereocenters. The van der Waals surface area contributed by atoms with Gasteiger partial charge >= 0.3 is 0 Å². The van der Waals surface area contributed by atoms with E-state index in [1.165, 1.54) is 28.3 Å². The fraction of sp³-hybridized carbons (Fsp3) is 0.200. The second-order valence-corrected chi connectivity index (χ2v) is 7.98. The molecule has 0 saturated heterocycles. The van der Waals surface area contributed by atoms with Crippen molar-refractivity contribution in [1.29, 1.82) is 5.26 Å². The highest BCUT2D eigenvalue weighted by Gasteiger charge is 2.23. The van der Waals surface area contributed by atoms with Crippen LogP contribution in [-0.2, 0) is 12.8 Å². The largest absolute Gasteiger partial charge is 0.311 e. The summed E-state index contributed by atoms with van der Waals surface area (Å²) in [7, 11) is 0. The number of nitrogens with one attached hydrogen (secondary N) is 1. The van der Waals surface area contributed by atoms with Gasteiger partial charge in [-0.05, 0) is 49.4 Å². The normalized spacial score (nSPS) is 12.9. The highest BCUT2D eigenvalue weighted by molar-refractivity contribution is 7.16. The van der Waals surface area contributed by atoms with E-state index in [1.54, 1.807) is 24.3 Å². The molecule has 8 heteroatoms. The lowest BCUT2D eigenvalue weighted by Crippen LogP contribution is -2.25. The SMILES string of the molecule is N#Cc1c(NC(=O)c2nn(-c3cccc(Cl)c3)ccc2=O)sc2c1CCCC2. The Morgan fingerprint density at radius 3 is 2.89 bits per heavy atom. The van der Waals surface area contributed by atoms with Crippen molar-refractivity contribution in [1.82, 2.24) is 9.78 Å².